The molecule has 0 bridgehead atoms. The van der Waals surface area contributed by atoms with Crippen molar-refractivity contribution in [1.29, 1.82) is 0 Å². The Bertz CT molecular complexity index is 1050. The molecule has 1 aliphatic heterocycles. The first kappa shape index (κ1) is 43.3. The Morgan fingerprint density at radius 3 is 0.625 bits per heavy atom. The molecule has 0 spiro atoms. The van der Waals surface area contributed by atoms with Crippen molar-refractivity contribution in [1.82, 2.24) is 30.5 Å². The molecule has 0 unspecified atom stereocenters. The molecule has 0 aromatic carbocycles. The molecule has 276 valence electrons. The highest BCUT2D eigenvalue weighted by Crippen LogP contribution is 2.70. The summed E-state index contributed by atoms with van der Waals surface area (Å²) in [4.78, 5) is 75.3. The highest BCUT2D eigenvalue weighted by atomic mass is 31.3. The van der Waals surface area contributed by atoms with Crippen molar-refractivity contribution in [3.05, 3.63) is 0 Å². The van der Waals surface area contributed by atoms with Crippen molar-refractivity contribution in [3.8, 4) is 0 Å². The van der Waals surface area contributed by atoms with E-state index >= 15 is 0 Å². The molecule has 48 heavy (non-hydrogen) atoms. The zero-order valence-electron chi connectivity index (χ0n) is 28.1. The van der Waals surface area contributed by atoms with Crippen molar-refractivity contribution < 1.29 is 57.2 Å². The van der Waals surface area contributed by atoms with Crippen LogP contribution < -0.4 is 30.5 Å². The minimum absolute atomic E-state index is 0.0596. The van der Waals surface area contributed by atoms with E-state index in [0.29, 0.717) is 0 Å². The van der Waals surface area contributed by atoms with Crippen molar-refractivity contribution in [2.75, 3.05) is 78.9 Å². The van der Waals surface area contributed by atoms with Crippen LogP contribution in [0.4, 0.5) is 0 Å². The van der Waals surface area contributed by atoms with Gasteiger partial charge < -0.3 is 28.4 Å². The predicted molar refractivity (Wildman–Crippen MR) is 176 cm³/mol. The zero-order valence-corrected chi connectivity index (χ0v) is 30.8. The Morgan fingerprint density at radius 1 is 0.354 bits per heavy atom. The summed E-state index contributed by atoms with van der Waals surface area (Å²) in [5.41, 5.74) is 0. The van der Waals surface area contributed by atoms with Gasteiger partial charge >= 0.3 is 35.8 Å². The first-order valence-corrected chi connectivity index (χ1v) is 20.3. The molecule has 0 aromatic rings. The van der Waals surface area contributed by atoms with Crippen LogP contribution in [0.3, 0.4) is 0 Å². The molecule has 0 amide bonds. The molecule has 0 atom stereocenters. The van der Waals surface area contributed by atoms with E-state index < -0.39 is 97.6 Å². The second kappa shape index (κ2) is 22.8. The van der Waals surface area contributed by atoms with Gasteiger partial charge in [-0.3, -0.25) is 28.8 Å². The number of nitrogens with zero attached hydrogens (tertiary/aromatic N) is 3. The van der Waals surface area contributed by atoms with Gasteiger partial charge in [-0.25, -0.2) is 30.5 Å². The second-order valence-electron chi connectivity index (χ2n) is 8.91. The lowest BCUT2D eigenvalue weighted by molar-refractivity contribution is -0.142. The standard InChI is InChI=1S/C24H48N9O12P3/c1-7-40-19(34)13-25-46(26-14-20(35)41-8-2)31-47(27-15-21(36)42-9-3,28-16-22(37)43-10-4)33-48(32-46,29-17-23(38)44-11-5)30-18-24(39)45-12-6/h25-30H,7-18H2,1-6H3. The lowest BCUT2D eigenvalue weighted by Crippen LogP contribution is -2.37. The lowest BCUT2D eigenvalue weighted by Gasteiger charge is -2.37. The number of esters is 6. The Morgan fingerprint density at radius 2 is 0.500 bits per heavy atom. The molecule has 0 fully saturated rings. The molecule has 0 saturated carbocycles. The number of hydrogen-bond donors (Lipinski definition) is 6. The van der Waals surface area contributed by atoms with Crippen LogP contribution >= 0.6 is 22.5 Å². The highest BCUT2D eigenvalue weighted by Gasteiger charge is 2.39. The maximum atomic E-state index is 12.6. The molecule has 1 rings (SSSR count). The zero-order chi connectivity index (χ0) is 36.1. The van der Waals surface area contributed by atoms with Crippen molar-refractivity contribution in [2.45, 2.75) is 41.5 Å². The molecule has 6 N–H and O–H groups in total. The summed E-state index contributed by atoms with van der Waals surface area (Å²) in [6.07, 6.45) is 0. The highest BCUT2D eigenvalue weighted by molar-refractivity contribution is 7.83. The molecular formula is C24H48N9O12P3. The van der Waals surface area contributed by atoms with Gasteiger partial charge in [0.15, 0.2) is 0 Å². The van der Waals surface area contributed by atoms with Gasteiger partial charge in [0.25, 0.3) is 0 Å². The minimum Gasteiger partial charge on any atom is -0.465 e. The van der Waals surface area contributed by atoms with Crippen LogP contribution in [-0.2, 0) is 57.2 Å². The number of nitrogens with one attached hydrogen (secondary N) is 6. The van der Waals surface area contributed by atoms with E-state index in [4.69, 9.17) is 42.0 Å². The van der Waals surface area contributed by atoms with Crippen LogP contribution in [0.15, 0.2) is 13.5 Å². The number of carbonyl (C=O) groups is 6. The Labute approximate surface area is 280 Å². The summed E-state index contributed by atoms with van der Waals surface area (Å²) in [5, 5.41) is 17.6. The van der Waals surface area contributed by atoms with Crippen molar-refractivity contribution in [2.24, 2.45) is 13.5 Å². The number of hydrogen-bond acceptors (Lipinski definition) is 21. The fraction of sp³-hybridized carbons (Fsp3) is 0.750. The SMILES string of the molecule is CCOC(=O)CNP1(NCC(=O)OCC)=NP(NCC(=O)OCC)(NCC(=O)OCC)=NP(NCC(=O)OCC)(NCC(=O)OCC)=N1. The van der Waals surface area contributed by atoms with Crippen LogP contribution in [0.25, 0.3) is 0 Å². The van der Waals surface area contributed by atoms with Crippen molar-refractivity contribution >= 4 is 58.3 Å². The third-order valence-corrected chi connectivity index (χ3v) is 15.1. The average molecular weight is 748 g/mol. The van der Waals surface area contributed by atoms with Gasteiger partial charge in [-0.05, 0) is 41.5 Å². The monoisotopic (exact) mass is 747 g/mol. The van der Waals surface area contributed by atoms with Crippen LogP contribution in [-0.4, -0.2) is 115 Å². The van der Waals surface area contributed by atoms with Gasteiger partial charge in [-0.2, -0.15) is 13.5 Å². The summed E-state index contributed by atoms with van der Waals surface area (Å²) < 4.78 is 44.9. The van der Waals surface area contributed by atoms with Gasteiger partial charge in [-0.15, -0.1) is 0 Å². The Kier molecular flexibility index (Phi) is 20.6. The third kappa shape index (κ3) is 16.1. The van der Waals surface area contributed by atoms with Crippen LogP contribution in [0.5, 0.6) is 0 Å². The maximum absolute atomic E-state index is 12.6. The van der Waals surface area contributed by atoms with Gasteiger partial charge in [0.2, 0.25) is 22.5 Å². The topological polar surface area (TPSA) is 267 Å². The normalized spacial score (nSPS) is 15.4. The molecule has 0 aliphatic carbocycles. The predicted octanol–water partition coefficient (Wildman–Crippen LogP) is 0.755. The first-order valence-electron chi connectivity index (χ1n) is 15.2. The smallest absolute Gasteiger partial charge is 0.320 e. The van der Waals surface area contributed by atoms with Gasteiger partial charge in [-0.1, -0.05) is 0 Å². The van der Waals surface area contributed by atoms with E-state index in [-0.39, 0.29) is 39.6 Å². The summed E-state index contributed by atoms with van der Waals surface area (Å²) in [7, 11) is -11.4. The quantitative estimate of drug-likeness (QED) is 0.0452. The molecule has 0 saturated heterocycles. The third-order valence-electron chi connectivity index (χ3n) is 5.27. The van der Waals surface area contributed by atoms with E-state index in [1.54, 1.807) is 41.5 Å². The molecular weight excluding hydrogens is 699 g/mol. The largest absolute Gasteiger partial charge is 0.465 e. The van der Waals surface area contributed by atoms with E-state index in [2.05, 4.69) is 30.5 Å². The van der Waals surface area contributed by atoms with E-state index in [1.165, 1.54) is 0 Å². The first-order chi connectivity index (χ1) is 22.8. The van der Waals surface area contributed by atoms with Gasteiger partial charge in [0.1, 0.15) is 39.3 Å². The van der Waals surface area contributed by atoms with E-state index in [1.807, 2.05) is 0 Å². The molecule has 24 heteroatoms. The lowest BCUT2D eigenvalue weighted by atomic mass is 10.7. The van der Waals surface area contributed by atoms with Crippen LogP contribution in [0, 0.1) is 0 Å². The Balaban J connectivity index is 4.14. The second-order valence-corrected chi connectivity index (χ2v) is 16.6. The number of ether oxygens (including phenoxy) is 6. The summed E-state index contributed by atoms with van der Waals surface area (Å²) in [6, 6.07) is 0. The average Bonchev–Trinajstić information content (AvgIpc) is 3.04. The fourth-order valence-electron chi connectivity index (χ4n) is 3.48. The summed E-state index contributed by atoms with van der Waals surface area (Å²) in [6.45, 7) is 7.17. The molecule has 1 aliphatic rings. The fourth-order valence-corrected chi connectivity index (χ4v) is 14.8. The van der Waals surface area contributed by atoms with Gasteiger partial charge in [0.05, 0.1) is 39.6 Å². The van der Waals surface area contributed by atoms with Crippen LogP contribution in [0.2, 0.25) is 0 Å². The molecule has 0 radical (unpaired) electrons. The summed E-state index contributed by atoms with van der Waals surface area (Å²) >= 11 is 0. The maximum Gasteiger partial charge on any atom is 0.320 e. The molecule has 1 heterocycles. The van der Waals surface area contributed by atoms with E-state index in [9.17, 15) is 28.8 Å². The van der Waals surface area contributed by atoms with Gasteiger partial charge in [0, 0.05) is 0 Å². The van der Waals surface area contributed by atoms with Crippen LogP contribution in [0.1, 0.15) is 41.5 Å². The Hall–Kier alpha value is -2.73. The van der Waals surface area contributed by atoms with Crippen molar-refractivity contribution in [3.63, 3.8) is 0 Å². The molecule has 21 nitrogen and oxygen atoms in total. The number of carbonyl (C=O) groups excluding carboxylic acids is 6. The molecule has 0 aromatic heterocycles. The number of rotatable bonds is 24. The van der Waals surface area contributed by atoms with E-state index in [0.717, 1.165) is 0 Å². The summed E-state index contributed by atoms with van der Waals surface area (Å²) in [5.74, 6) is -4.20. The minimum atomic E-state index is -3.79.